The average Bonchev–Trinajstić information content (AvgIpc) is 3.69. The highest BCUT2D eigenvalue weighted by Crippen LogP contribution is 2.35. The number of fused-ring (bicyclic) bond motifs is 1. The molecule has 1 nitrogen and oxygen atoms in total. The van der Waals surface area contributed by atoms with Gasteiger partial charge in [0.2, 0.25) is 0 Å². The molecule has 5 aromatic rings. The zero-order valence-corrected chi connectivity index (χ0v) is 24.1. The Balaban J connectivity index is 1.12. The van der Waals surface area contributed by atoms with Gasteiger partial charge in [0.15, 0.2) is 0 Å². The molecule has 0 spiro atoms. The minimum atomic E-state index is 1.07. The minimum Gasteiger partial charge on any atom is -0.236 e. The van der Waals surface area contributed by atoms with Crippen LogP contribution in [0, 0.1) is 0 Å². The standard InChI is InChI=1S/C33H35NS3/c1-2-3-4-5-6-7-8-9-12-27-21-23-31(35-27)32-24-22-28(36-32)20-17-25-15-18-26(19-16-25)33-34-29-13-10-11-14-30(29)37-33/h10-11,13-24H,2-9,12H2,1H3/b20-17+. The predicted octanol–water partition coefficient (Wildman–Crippen LogP) is 11.6. The van der Waals surface area contributed by atoms with Gasteiger partial charge in [-0.3, -0.25) is 0 Å². The first-order valence-electron chi connectivity index (χ1n) is 13.6. The summed E-state index contributed by atoms with van der Waals surface area (Å²) in [6, 6.07) is 26.2. The van der Waals surface area contributed by atoms with Gasteiger partial charge in [-0.2, -0.15) is 0 Å². The summed E-state index contributed by atoms with van der Waals surface area (Å²) in [5.41, 5.74) is 3.46. The molecule has 0 saturated carbocycles. The highest BCUT2D eigenvalue weighted by molar-refractivity contribution is 7.22. The number of thiophene rings is 2. The van der Waals surface area contributed by atoms with Crippen LogP contribution in [0.2, 0.25) is 0 Å². The van der Waals surface area contributed by atoms with Crippen LogP contribution < -0.4 is 0 Å². The number of para-hydroxylation sites is 1. The fourth-order valence-electron chi connectivity index (χ4n) is 4.56. The third kappa shape index (κ3) is 7.28. The molecular formula is C33H35NS3. The van der Waals surface area contributed by atoms with E-state index in [4.69, 9.17) is 4.98 Å². The highest BCUT2D eigenvalue weighted by atomic mass is 32.1. The maximum Gasteiger partial charge on any atom is 0.124 e. The second-order valence-corrected chi connectivity index (χ2v) is 12.9. The topological polar surface area (TPSA) is 12.9 Å². The lowest BCUT2D eigenvalue weighted by atomic mass is 10.1. The molecule has 0 amide bonds. The summed E-state index contributed by atoms with van der Waals surface area (Å²) in [5, 5.41) is 1.08. The first-order chi connectivity index (χ1) is 18.3. The maximum absolute atomic E-state index is 4.78. The molecule has 0 atom stereocenters. The van der Waals surface area contributed by atoms with Crippen LogP contribution in [0.1, 0.15) is 73.6 Å². The molecule has 3 aromatic heterocycles. The minimum absolute atomic E-state index is 1.07. The van der Waals surface area contributed by atoms with Crippen molar-refractivity contribution in [3.8, 4) is 20.3 Å². The molecule has 0 unspecified atom stereocenters. The number of aryl methyl sites for hydroxylation is 1. The molecule has 190 valence electrons. The number of hydrogen-bond donors (Lipinski definition) is 0. The molecule has 0 aliphatic heterocycles. The Morgan fingerprint density at radius 3 is 2.19 bits per heavy atom. The molecule has 2 aromatic carbocycles. The zero-order valence-electron chi connectivity index (χ0n) is 21.6. The predicted molar refractivity (Wildman–Crippen MR) is 168 cm³/mol. The summed E-state index contributed by atoms with van der Waals surface area (Å²) < 4.78 is 1.24. The van der Waals surface area contributed by atoms with Gasteiger partial charge in [-0.15, -0.1) is 34.0 Å². The van der Waals surface area contributed by atoms with Crippen molar-refractivity contribution in [1.29, 1.82) is 0 Å². The van der Waals surface area contributed by atoms with Gasteiger partial charge < -0.3 is 0 Å². The molecule has 37 heavy (non-hydrogen) atoms. The van der Waals surface area contributed by atoms with Crippen LogP contribution in [0.4, 0.5) is 0 Å². The summed E-state index contributed by atoms with van der Waals surface area (Å²) >= 11 is 5.60. The summed E-state index contributed by atoms with van der Waals surface area (Å²) in [5.74, 6) is 0. The molecule has 3 heterocycles. The lowest BCUT2D eigenvalue weighted by Crippen LogP contribution is -1.83. The van der Waals surface area contributed by atoms with Crippen LogP contribution >= 0.6 is 34.0 Å². The summed E-state index contributed by atoms with van der Waals surface area (Å²) in [6.07, 6.45) is 16.7. The molecule has 0 radical (unpaired) electrons. The maximum atomic E-state index is 4.78. The van der Waals surface area contributed by atoms with Crippen molar-refractivity contribution in [1.82, 2.24) is 4.98 Å². The molecular weight excluding hydrogens is 507 g/mol. The quantitative estimate of drug-likeness (QED) is 0.135. The fraction of sp³-hybridized carbons (Fsp3) is 0.303. The lowest BCUT2D eigenvalue weighted by Gasteiger charge is -2.00. The second kappa shape index (κ2) is 13.3. The van der Waals surface area contributed by atoms with E-state index in [0.29, 0.717) is 0 Å². The van der Waals surface area contributed by atoms with Crippen LogP contribution in [0.3, 0.4) is 0 Å². The zero-order chi connectivity index (χ0) is 25.3. The van der Waals surface area contributed by atoms with Gasteiger partial charge in [-0.05, 0) is 60.9 Å². The van der Waals surface area contributed by atoms with Crippen molar-refractivity contribution in [2.45, 2.75) is 64.7 Å². The van der Waals surface area contributed by atoms with Gasteiger partial charge in [0.05, 0.1) is 10.2 Å². The molecule has 0 fully saturated rings. The Morgan fingerprint density at radius 2 is 1.38 bits per heavy atom. The summed E-state index contributed by atoms with van der Waals surface area (Å²) in [6.45, 7) is 2.29. The van der Waals surface area contributed by atoms with E-state index in [0.717, 1.165) is 10.5 Å². The summed E-state index contributed by atoms with van der Waals surface area (Å²) in [4.78, 5) is 10.4. The first kappa shape index (κ1) is 26.1. The number of aromatic nitrogens is 1. The van der Waals surface area contributed by atoms with Gasteiger partial charge in [0.1, 0.15) is 5.01 Å². The van der Waals surface area contributed by atoms with Gasteiger partial charge in [-0.25, -0.2) is 4.98 Å². The highest BCUT2D eigenvalue weighted by Gasteiger charge is 2.07. The second-order valence-electron chi connectivity index (χ2n) is 9.63. The molecule has 0 bridgehead atoms. The van der Waals surface area contributed by atoms with Crippen molar-refractivity contribution < 1.29 is 0 Å². The Bertz CT molecular complexity index is 1380. The number of rotatable bonds is 13. The molecule has 0 N–H and O–H groups in total. The van der Waals surface area contributed by atoms with Crippen molar-refractivity contribution in [2.75, 3.05) is 0 Å². The average molecular weight is 542 g/mol. The van der Waals surface area contributed by atoms with Crippen molar-refractivity contribution in [3.63, 3.8) is 0 Å². The number of hydrogen-bond acceptors (Lipinski definition) is 4. The molecule has 0 aliphatic carbocycles. The number of benzene rings is 2. The van der Waals surface area contributed by atoms with Crippen LogP contribution in [-0.4, -0.2) is 4.98 Å². The Morgan fingerprint density at radius 1 is 0.649 bits per heavy atom. The molecule has 0 aliphatic rings. The van der Waals surface area contributed by atoms with E-state index in [9.17, 15) is 0 Å². The van der Waals surface area contributed by atoms with Gasteiger partial charge in [0.25, 0.3) is 0 Å². The third-order valence-corrected chi connectivity index (χ3v) is 10.2. The van der Waals surface area contributed by atoms with Gasteiger partial charge in [0, 0.05) is 25.1 Å². The number of unbranched alkanes of at least 4 members (excludes halogenated alkanes) is 7. The van der Waals surface area contributed by atoms with E-state index < -0.39 is 0 Å². The number of nitrogens with zero attached hydrogens (tertiary/aromatic N) is 1. The largest absolute Gasteiger partial charge is 0.236 e. The van der Waals surface area contributed by atoms with E-state index in [1.54, 1.807) is 11.3 Å². The Labute approximate surface area is 233 Å². The lowest BCUT2D eigenvalue weighted by molar-refractivity contribution is 0.576. The van der Waals surface area contributed by atoms with Gasteiger partial charge >= 0.3 is 0 Å². The summed E-state index contributed by atoms with van der Waals surface area (Å²) in [7, 11) is 0. The van der Waals surface area contributed by atoms with Gasteiger partial charge in [-0.1, -0.05) is 94.3 Å². The molecule has 5 rings (SSSR count). The normalized spacial score (nSPS) is 11.7. The third-order valence-electron chi connectivity index (χ3n) is 6.70. The van der Waals surface area contributed by atoms with E-state index in [1.807, 2.05) is 28.7 Å². The number of thiazole rings is 1. The van der Waals surface area contributed by atoms with E-state index >= 15 is 0 Å². The monoisotopic (exact) mass is 541 g/mol. The smallest absolute Gasteiger partial charge is 0.124 e. The van der Waals surface area contributed by atoms with Crippen molar-refractivity contribution in [3.05, 3.63) is 88.1 Å². The van der Waals surface area contributed by atoms with E-state index in [1.165, 1.54) is 93.1 Å². The van der Waals surface area contributed by atoms with Crippen LogP contribution in [0.15, 0.2) is 72.8 Å². The van der Waals surface area contributed by atoms with Crippen LogP contribution in [0.5, 0.6) is 0 Å². The first-order valence-corrected chi connectivity index (χ1v) is 16.1. The Hall–Kier alpha value is -2.53. The molecule has 0 saturated heterocycles. The van der Waals surface area contributed by atoms with E-state index in [-0.39, 0.29) is 0 Å². The van der Waals surface area contributed by atoms with E-state index in [2.05, 4.69) is 85.8 Å². The Kier molecular flexibility index (Phi) is 9.39. The fourth-order valence-corrected chi connectivity index (χ4v) is 7.59. The van der Waals surface area contributed by atoms with Crippen molar-refractivity contribution in [2.24, 2.45) is 0 Å². The van der Waals surface area contributed by atoms with Crippen molar-refractivity contribution >= 4 is 56.4 Å². The van der Waals surface area contributed by atoms with Crippen LogP contribution in [-0.2, 0) is 6.42 Å². The van der Waals surface area contributed by atoms with Crippen LogP contribution in [0.25, 0.3) is 42.7 Å². The molecule has 4 heteroatoms. The SMILES string of the molecule is CCCCCCCCCCc1ccc(-c2ccc(/C=C/c3ccc(-c4nc5ccccc5s4)cc3)s2)s1.